The van der Waals surface area contributed by atoms with Crippen LogP contribution in [0.3, 0.4) is 0 Å². The summed E-state index contributed by atoms with van der Waals surface area (Å²) in [6.45, 7) is -1.96. The molecule has 1 aromatic rings. The normalized spacial score (nSPS) is 11.4. The Kier molecular flexibility index (Phi) is 6.23. The van der Waals surface area contributed by atoms with Gasteiger partial charge in [-0.25, -0.2) is 0 Å². The van der Waals surface area contributed by atoms with Crippen molar-refractivity contribution in [3.8, 4) is 0 Å². The van der Waals surface area contributed by atoms with E-state index >= 15 is 0 Å². The van der Waals surface area contributed by atoms with E-state index in [1.807, 2.05) is 0 Å². The molecule has 1 rings (SSSR count). The Balaban J connectivity index is 2.36. The van der Waals surface area contributed by atoms with Gasteiger partial charge in [-0.2, -0.15) is 13.2 Å². The summed E-state index contributed by atoms with van der Waals surface area (Å²) < 4.78 is 35.5. The molecule has 0 saturated heterocycles. The van der Waals surface area contributed by atoms with Crippen LogP contribution in [0.15, 0.2) is 30.3 Å². The number of alkyl halides is 3. The lowest BCUT2D eigenvalue weighted by Gasteiger charge is -2.08. The van der Waals surface area contributed by atoms with Crippen LogP contribution in [-0.2, 0) is 9.59 Å². The number of benzene rings is 1. The van der Waals surface area contributed by atoms with E-state index in [-0.39, 0.29) is 0 Å². The third-order valence-corrected chi connectivity index (χ3v) is 2.42. The van der Waals surface area contributed by atoms with Crippen molar-refractivity contribution < 1.29 is 22.8 Å². The van der Waals surface area contributed by atoms with Crippen LogP contribution in [0.4, 0.5) is 13.2 Å². The number of carbonyl (C=O) groups is 2. The van der Waals surface area contributed by atoms with Crippen molar-refractivity contribution in [2.24, 2.45) is 0 Å². The predicted octanol–water partition coefficient (Wildman–Crippen LogP) is 2.15. The minimum Gasteiger partial charge on any atom is -0.345 e. The fourth-order valence-corrected chi connectivity index (χ4v) is 1.47. The van der Waals surface area contributed by atoms with Crippen molar-refractivity contribution in [3.05, 3.63) is 40.9 Å². The number of amides is 2. The standard InChI is InChI=1S/C13H12ClF3N2O2/c14-10-3-1-2-9(6-10)4-5-11(20)18-7-12(21)19-8-13(15,16)17/h1-6H,7-8H2,(H,18,20)(H,19,21)/b5-4+. The van der Waals surface area contributed by atoms with Crippen LogP contribution in [0, 0.1) is 0 Å². The van der Waals surface area contributed by atoms with Crippen LogP contribution in [0.5, 0.6) is 0 Å². The first-order chi connectivity index (χ1) is 9.76. The molecule has 4 nitrogen and oxygen atoms in total. The Morgan fingerprint density at radius 1 is 1.24 bits per heavy atom. The van der Waals surface area contributed by atoms with Gasteiger partial charge < -0.3 is 10.6 Å². The van der Waals surface area contributed by atoms with Gasteiger partial charge in [0.15, 0.2) is 0 Å². The number of rotatable bonds is 5. The molecule has 0 aliphatic rings. The molecule has 0 saturated carbocycles. The van der Waals surface area contributed by atoms with E-state index in [4.69, 9.17) is 11.6 Å². The van der Waals surface area contributed by atoms with Gasteiger partial charge in [-0.15, -0.1) is 0 Å². The topological polar surface area (TPSA) is 58.2 Å². The Morgan fingerprint density at radius 3 is 2.57 bits per heavy atom. The predicted molar refractivity (Wildman–Crippen MR) is 72.6 cm³/mol. The zero-order valence-electron chi connectivity index (χ0n) is 10.7. The molecule has 2 amide bonds. The van der Waals surface area contributed by atoms with Gasteiger partial charge in [0, 0.05) is 11.1 Å². The highest BCUT2D eigenvalue weighted by Crippen LogP contribution is 2.12. The maximum atomic E-state index is 11.8. The molecule has 2 N–H and O–H groups in total. The first-order valence-electron chi connectivity index (χ1n) is 5.81. The van der Waals surface area contributed by atoms with Gasteiger partial charge >= 0.3 is 6.18 Å². The van der Waals surface area contributed by atoms with Gasteiger partial charge in [0.25, 0.3) is 0 Å². The summed E-state index contributed by atoms with van der Waals surface area (Å²) >= 11 is 5.76. The molecule has 114 valence electrons. The Labute approximate surface area is 124 Å². The van der Waals surface area contributed by atoms with Crippen molar-refractivity contribution in [2.75, 3.05) is 13.1 Å². The SMILES string of the molecule is O=C(/C=C/c1cccc(Cl)c1)NCC(=O)NCC(F)(F)F. The van der Waals surface area contributed by atoms with Gasteiger partial charge in [-0.3, -0.25) is 9.59 Å². The minimum absolute atomic E-state index is 0.504. The minimum atomic E-state index is -4.48. The largest absolute Gasteiger partial charge is 0.405 e. The second kappa shape index (κ2) is 7.68. The maximum Gasteiger partial charge on any atom is 0.405 e. The fraction of sp³-hybridized carbons (Fsp3) is 0.231. The zero-order chi connectivity index (χ0) is 15.9. The number of hydrogen-bond donors (Lipinski definition) is 2. The van der Waals surface area contributed by atoms with E-state index in [1.54, 1.807) is 29.6 Å². The van der Waals surface area contributed by atoms with Crippen LogP contribution in [0.25, 0.3) is 6.08 Å². The van der Waals surface area contributed by atoms with Crippen LogP contribution < -0.4 is 10.6 Å². The summed E-state index contributed by atoms with van der Waals surface area (Å²) in [4.78, 5) is 22.4. The third kappa shape index (κ3) is 7.98. The van der Waals surface area contributed by atoms with Crippen molar-refractivity contribution in [1.82, 2.24) is 10.6 Å². The molecule has 0 atom stereocenters. The Bertz CT molecular complexity index is 544. The van der Waals surface area contributed by atoms with Crippen molar-refractivity contribution in [1.29, 1.82) is 0 Å². The molecular weight excluding hydrogens is 309 g/mol. The molecule has 0 radical (unpaired) electrons. The molecule has 0 fully saturated rings. The molecule has 0 aliphatic carbocycles. The molecule has 1 aromatic carbocycles. The van der Waals surface area contributed by atoms with E-state index < -0.39 is 31.1 Å². The first kappa shape index (κ1) is 17.0. The summed E-state index contributed by atoms with van der Waals surface area (Å²) in [5.41, 5.74) is 0.680. The van der Waals surface area contributed by atoms with E-state index in [0.29, 0.717) is 10.6 Å². The van der Waals surface area contributed by atoms with Gasteiger partial charge in [-0.1, -0.05) is 23.7 Å². The monoisotopic (exact) mass is 320 g/mol. The quantitative estimate of drug-likeness (QED) is 0.817. The summed E-state index contributed by atoms with van der Waals surface area (Å²) in [5.74, 6) is -1.52. The highest BCUT2D eigenvalue weighted by atomic mass is 35.5. The summed E-state index contributed by atoms with van der Waals surface area (Å²) in [6, 6.07) is 6.71. The molecule has 21 heavy (non-hydrogen) atoms. The molecule has 0 aliphatic heterocycles. The number of carbonyl (C=O) groups excluding carboxylic acids is 2. The number of halogens is 4. The average Bonchev–Trinajstić information content (AvgIpc) is 2.40. The second-order valence-electron chi connectivity index (χ2n) is 4.00. The van der Waals surface area contributed by atoms with Crippen molar-refractivity contribution in [2.45, 2.75) is 6.18 Å². The second-order valence-corrected chi connectivity index (χ2v) is 4.43. The van der Waals surface area contributed by atoms with Crippen LogP contribution in [0.1, 0.15) is 5.56 Å². The van der Waals surface area contributed by atoms with Crippen molar-refractivity contribution >= 4 is 29.5 Å². The highest BCUT2D eigenvalue weighted by Gasteiger charge is 2.27. The molecule has 0 heterocycles. The fourth-order valence-electron chi connectivity index (χ4n) is 1.27. The average molecular weight is 321 g/mol. The molecular formula is C13H12ClF3N2O2. The van der Waals surface area contributed by atoms with Gasteiger partial charge in [0.2, 0.25) is 11.8 Å². The Hall–Kier alpha value is -2.02. The third-order valence-electron chi connectivity index (χ3n) is 2.19. The van der Waals surface area contributed by atoms with E-state index in [9.17, 15) is 22.8 Å². The van der Waals surface area contributed by atoms with E-state index in [0.717, 1.165) is 6.08 Å². The van der Waals surface area contributed by atoms with E-state index in [1.165, 1.54) is 6.08 Å². The lowest BCUT2D eigenvalue weighted by Crippen LogP contribution is -2.40. The van der Waals surface area contributed by atoms with Gasteiger partial charge in [0.05, 0.1) is 6.54 Å². The molecule has 0 bridgehead atoms. The van der Waals surface area contributed by atoms with Crippen LogP contribution in [-0.4, -0.2) is 31.1 Å². The number of hydrogen-bond acceptors (Lipinski definition) is 2. The van der Waals surface area contributed by atoms with Gasteiger partial charge in [-0.05, 0) is 23.8 Å². The highest BCUT2D eigenvalue weighted by molar-refractivity contribution is 6.30. The smallest absolute Gasteiger partial charge is 0.345 e. The first-order valence-corrected chi connectivity index (χ1v) is 6.19. The van der Waals surface area contributed by atoms with Crippen LogP contribution in [0.2, 0.25) is 5.02 Å². The summed E-state index contributed by atoms with van der Waals surface area (Å²) in [7, 11) is 0. The Morgan fingerprint density at radius 2 is 1.95 bits per heavy atom. The van der Waals surface area contributed by atoms with Gasteiger partial charge in [0.1, 0.15) is 6.54 Å². The number of nitrogens with one attached hydrogen (secondary N) is 2. The van der Waals surface area contributed by atoms with Crippen molar-refractivity contribution in [3.63, 3.8) is 0 Å². The summed E-state index contributed by atoms with van der Waals surface area (Å²) in [5, 5.41) is 4.31. The molecule has 0 spiro atoms. The molecule has 8 heteroatoms. The lowest BCUT2D eigenvalue weighted by molar-refractivity contribution is -0.138. The molecule has 0 unspecified atom stereocenters. The van der Waals surface area contributed by atoms with Crippen LogP contribution >= 0.6 is 11.6 Å². The van der Waals surface area contributed by atoms with E-state index in [2.05, 4.69) is 5.32 Å². The maximum absolute atomic E-state index is 11.8. The summed E-state index contributed by atoms with van der Waals surface area (Å²) in [6.07, 6.45) is -1.86. The zero-order valence-corrected chi connectivity index (χ0v) is 11.5. The lowest BCUT2D eigenvalue weighted by atomic mass is 10.2. The molecule has 0 aromatic heterocycles.